The van der Waals surface area contributed by atoms with Crippen molar-refractivity contribution in [2.45, 2.75) is 26.4 Å². The summed E-state index contributed by atoms with van der Waals surface area (Å²) >= 11 is 0. The number of benzene rings is 2. The molecule has 5 nitrogen and oxygen atoms in total. The maximum atomic E-state index is 12.9. The van der Waals surface area contributed by atoms with E-state index in [0.717, 1.165) is 10.9 Å². The molecule has 0 bridgehead atoms. The number of fused-ring (bicyclic) bond motifs is 1. The van der Waals surface area contributed by atoms with E-state index in [4.69, 9.17) is 9.15 Å². The third-order valence-electron chi connectivity index (χ3n) is 3.98. The largest absolute Gasteiger partial charge is 0.481 e. The second kappa shape index (κ2) is 7.39. The van der Waals surface area contributed by atoms with E-state index in [1.165, 1.54) is 30.3 Å². The van der Waals surface area contributed by atoms with Crippen molar-refractivity contribution in [2.24, 2.45) is 0 Å². The fraction of sp³-hybridized carbons (Fsp3) is 0.200. The van der Waals surface area contributed by atoms with Crippen molar-refractivity contribution in [2.75, 3.05) is 5.32 Å². The van der Waals surface area contributed by atoms with E-state index in [1.54, 1.807) is 25.1 Å². The summed E-state index contributed by atoms with van der Waals surface area (Å²) in [4.78, 5) is 23.9. The number of anilines is 1. The van der Waals surface area contributed by atoms with Crippen LogP contribution in [0.2, 0.25) is 0 Å². The first kappa shape index (κ1) is 17.7. The maximum absolute atomic E-state index is 12.9. The first-order chi connectivity index (χ1) is 12.5. The molecule has 0 unspecified atom stereocenters. The van der Waals surface area contributed by atoms with Crippen molar-refractivity contribution in [3.05, 3.63) is 70.3 Å². The van der Waals surface area contributed by atoms with Gasteiger partial charge in [-0.25, -0.2) is 9.18 Å². The fourth-order valence-corrected chi connectivity index (χ4v) is 2.61. The molecule has 0 saturated carbocycles. The van der Waals surface area contributed by atoms with Gasteiger partial charge in [-0.15, -0.1) is 0 Å². The van der Waals surface area contributed by atoms with Crippen LogP contribution in [0.4, 0.5) is 10.1 Å². The third kappa shape index (κ3) is 3.91. The Kier molecular flexibility index (Phi) is 5.02. The van der Waals surface area contributed by atoms with Crippen LogP contribution in [0.1, 0.15) is 19.4 Å². The molecule has 2 aromatic carbocycles. The first-order valence-corrected chi connectivity index (χ1v) is 8.26. The van der Waals surface area contributed by atoms with Crippen LogP contribution in [0.3, 0.4) is 0 Å². The number of carbonyl (C=O) groups is 1. The molecule has 1 aromatic heterocycles. The zero-order valence-electron chi connectivity index (χ0n) is 14.4. The SMILES string of the molecule is CCc1cc(=O)oc2cc(O[C@H](C)C(=O)Nc3ccc(F)cc3)ccc12. The molecule has 134 valence electrons. The molecule has 0 aliphatic heterocycles. The molecule has 1 amide bonds. The first-order valence-electron chi connectivity index (χ1n) is 8.26. The summed E-state index contributed by atoms with van der Waals surface area (Å²) < 4.78 is 23.8. The summed E-state index contributed by atoms with van der Waals surface area (Å²) in [6, 6.07) is 12.1. The summed E-state index contributed by atoms with van der Waals surface area (Å²) in [6.45, 7) is 3.56. The van der Waals surface area contributed by atoms with Crippen molar-refractivity contribution in [1.29, 1.82) is 0 Å². The zero-order chi connectivity index (χ0) is 18.7. The third-order valence-corrected chi connectivity index (χ3v) is 3.98. The molecule has 0 aliphatic rings. The smallest absolute Gasteiger partial charge is 0.336 e. The molecule has 6 heteroatoms. The van der Waals surface area contributed by atoms with E-state index in [9.17, 15) is 14.0 Å². The Morgan fingerprint density at radius 3 is 2.62 bits per heavy atom. The standard InChI is InChI=1S/C20H18FNO4/c1-3-13-10-19(23)26-18-11-16(8-9-17(13)18)25-12(2)20(24)22-15-6-4-14(21)5-7-15/h4-12H,3H2,1-2H3,(H,22,24)/t12-/m1/s1. The Morgan fingerprint density at radius 2 is 1.92 bits per heavy atom. The summed E-state index contributed by atoms with van der Waals surface area (Å²) in [5, 5.41) is 3.49. The van der Waals surface area contributed by atoms with E-state index in [0.29, 0.717) is 23.4 Å². The number of ether oxygens (including phenoxy) is 1. The van der Waals surface area contributed by atoms with E-state index >= 15 is 0 Å². The van der Waals surface area contributed by atoms with Crippen LogP contribution in [-0.4, -0.2) is 12.0 Å². The lowest BCUT2D eigenvalue weighted by Gasteiger charge is -2.15. The van der Waals surface area contributed by atoms with E-state index in [-0.39, 0.29) is 11.7 Å². The molecule has 0 saturated heterocycles. The van der Waals surface area contributed by atoms with Crippen LogP contribution in [0.25, 0.3) is 11.0 Å². The van der Waals surface area contributed by atoms with Crippen LogP contribution in [0.5, 0.6) is 5.75 Å². The number of halogens is 1. The Bertz CT molecular complexity index is 995. The quantitative estimate of drug-likeness (QED) is 0.705. The maximum Gasteiger partial charge on any atom is 0.336 e. The number of carbonyl (C=O) groups excluding carboxylic acids is 1. The molecule has 1 heterocycles. The Morgan fingerprint density at radius 1 is 1.19 bits per heavy atom. The summed E-state index contributed by atoms with van der Waals surface area (Å²) in [6.07, 6.45) is -0.0859. The number of amides is 1. The monoisotopic (exact) mass is 355 g/mol. The van der Waals surface area contributed by atoms with Crippen molar-refractivity contribution in [1.82, 2.24) is 0 Å². The number of nitrogens with one attached hydrogen (secondary N) is 1. The summed E-state index contributed by atoms with van der Waals surface area (Å²) in [5.74, 6) is -0.340. The van der Waals surface area contributed by atoms with Gasteiger partial charge in [0.05, 0.1) is 0 Å². The minimum atomic E-state index is -0.793. The van der Waals surface area contributed by atoms with Crippen LogP contribution in [0.15, 0.2) is 57.7 Å². The Labute approximate surface area is 149 Å². The predicted octanol–water partition coefficient (Wildman–Crippen LogP) is 3.90. The molecule has 3 rings (SSSR count). The topological polar surface area (TPSA) is 68.5 Å². The summed E-state index contributed by atoms with van der Waals surface area (Å²) in [7, 11) is 0. The van der Waals surface area contributed by atoms with Crippen molar-refractivity contribution < 1.29 is 18.3 Å². The van der Waals surface area contributed by atoms with Crippen LogP contribution in [0, 0.1) is 5.82 Å². The van der Waals surface area contributed by atoms with Crippen LogP contribution in [-0.2, 0) is 11.2 Å². The van der Waals surface area contributed by atoms with Crippen molar-refractivity contribution in [3.8, 4) is 5.75 Å². The van der Waals surface area contributed by atoms with Gasteiger partial charge < -0.3 is 14.5 Å². The van der Waals surface area contributed by atoms with E-state index in [1.807, 2.05) is 6.92 Å². The average Bonchev–Trinajstić information content (AvgIpc) is 2.62. The van der Waals surface area contributed by atoms with Gasteiger partial charge >= 0.3 is 5.63 Å². The lowest BCUT2D eigenvalue weighted by molar-refractivity contribution is -0.122. The molecule has 0 aliphatic carbocycles. The van der Waals surface area contributed by atoms with Crippen molar-refractivity contribution >= 4 is 22.6 Å². The van der Waals surface area contributed by atoms with E-state index in [2.05, 4.69) is 5.32 Å². The van der Waals surface area contributed by atoms with Crippen molar-refractivity contribution in [3.63, 3.8) is 0 Å². The number of rotatable bonds is 5. The van der Waals surface area contributed by atoms with Crippen LogP contribution >= 0.6 is 0 Å². The number of hydrogen-bond donors (Lipinski definition) is 1. The van der Waals surface area contributed by atoms with Gasteiger partial charge in [0.2, 0.25) is 0 Å². The minimum absolute atomic E-state index is 0.375. The average molecular weight is 355 g/mol. The molecule has 0 radical (unpaired) electrons. The fourth-order valence-electron chi connectivity index (χ4n) is 2.61. The molecule has 3 aromatic rings. The number of hydrogen-bond acceptors (Lipinski definition) is 4. The molecular weight excluding hydrogens is 337 g/mol. The van der Waals surface area contributed by atoms with Gasteiger partial charge in [0.25, 0.3) is 5.91 Å². The Balaban J connectivity index is 1.76. The zero-order valence-corrected chi connectivity index (χ0v) is 14.4. The molecular formula is C20H18FNO4. The normalized spacial score (nSPS) is 12.0. The number of aryl methyl sites for hydroxylation is 1. The van der Waals surface area contributed by atoms with Gasteiger partial charge in [-0.2, -0.15) is 0 Å². The second-order valence-electron chi connectivity index (χ2n) is 5.86. The molecule has 26 heavy (non-hydrogen) atoms. The second-order valence-corrected chi connectivity index (χ2v) is 5.86. The van der Waals surface area contributed by atoms with Gasteiger partial charge in [-0.1, -0.05) is 6.92 Å². The highest BCUT2D eigenvalue weighted by molar-refractivity contribution is 5.94. The van der Waals surface area contributed by atoms with Gasteiger partial charge in [0, 0.05) is 23.2 Å². The summed E-state index contributed by atoms with van der Waals surface area (Å²) in [5.41, 5.74) is 1.36. The molecule has 1 N–H and O–H groups in total. The van der Waals surface area contributed by atoms with Gasteiger partial charge in [-0.05, 0) is 55.3 Å². The Hall–Kier alpha value is -3.15. The predicted molar refractivity (Wildman–Crippen MR) is 97.0 cm³/mol. The van der Waals surface area contributed by atoms with Gasteiger partial charge in [0.15, 0.2) is 6.10 Å². The minimum Gasteiger partial charge on any atom is -0.481 e. The molecule has 0 spiro atoms. The highest BCUT2D eigenvalue weighted by atomic mass is 19.1. The van der Waals surface area contributed by atoms with Gasteiger partial charge in [-0.3, -0.25) is 4.79 Å². The molecule has 0 fully saturated rings. The van der Waals surface area contributed by atoms with E-state index < -0.39 is 11.7 Å². The highest BCUT2D eigenvalue weighted by Gasteiger charge is 2.16. The van der Waals surface area contributed by atoms with Crippen LogP contribution < -0.4 is 15.7 Å². The lowest BCUT2D eigenvalue weighted by Crippen LogP contribution is -2.30. The van der Waals surface area contributed by atoms with Gasteiger partial charge in [0.1, 0.15) is 17.1 Å². The highest BCUT2D eigenvalue weighted by Crippen LogP contribution is 2.24. The molecule has 1 atom stereocenters. The lowest BCUT2D eigenvalue weighted by atomic mass is 10.1.